The number of hydrogen-bond donors (Lipinski definition) is 1. The second-order valence-corrected chi connectivity index (χ2v) is 7.09. The molecule has 1 aliphatic rings. The summed E-state index contributed by atoms with van der Waals surface area (Å²) in [5.74, 6) is 0.591. The molecule has 110 valence electrons. The fourth-order valence-electron chi connectivity index (χ4n) is 3.07. The topological polar surface area (TPSA) is 55.2 Å². The molecule has 1 aromatic rings. The van der Waals surface area contributed by atoms with Crippen molar-refractivity contribution in [3.05, 3.63) is 38.9 Å². The minimum atomic E-state index is -0.363. The van der Waals surface area contributed by atoms with Crippen LogP contribution < -0.4 is 5.32 Å². The first kappa shape index (κ1) is 15.3. The van der Waals surface area contributed by atoms with E-state index in [1.54, 1.807) is 12.1 Å². The van der Waals surface area contributed by atoms with Crippen LogP contribution in [0.5, 0.6) is 0 Å². The first-order valence-electron chi connectivity index (χ1n) is 6.81. The van der Waals surface area contributed by atoms with Crippen LogP contribution in [-0.2, 0) is 6.54 Å². The largest absolute Gasteiger partial charge is 0.312 e. The lowest BCUT2D eigenvalue weighted by molar-refractivity contribution is -0.385. The Labute approximate surface area is 124 Å². The Kier molecular flexibility index (Phi) is 3.82. The molecule has 0 saturated heterocycles. The van der Waals surface area contributed by atoms with Gasteiger partial charge in [0.2, 0.25) is 0 Å². The zero-order valence-corrected chi connectivity index (χ0v) is 13.1. The summed E-state index contributed by atoms with van der Waals surface area (Å²) in [6.07, 6.45) is 0. The van der Waals surface area contributed by atoms with Crippen molar-refractivity contribution in [2.45, 2.75) is 34.2 Å². The Balaban J connectivity index is 1.99. The van der Waals surface area contributed by atoms with Gasteiger partial charge in [0, 0.05) is 23.2 Å². The Morgan fingerprint density at radius 2 is 1.90 bits per heavy atom. The molecule has 5 heteroatoms. The van der Waals surface area contributed by atoms with E-state index >= 15 is 0 Å². The SMILES string of the molecule is CC1(C)C(CNCc2cc(Cl)ccc2[N+](=O)[O-])C1(C)C. The number of halogens is 1. The predicted molar refractivity (Wildman–Crippen MR) is 80.9 cm³/mol. The highest BCUT2D eigenvalue weighted by Crippen LogP contribution is 2.67. The molecule has 2 rings (SSSR count). The average Bonchev–Trinajstić information content (AvgIpc) is 2.71. The maximum Gasteiger partial charge on any atom is 0.273 e. The molecule has 0 radical (unpaired) electrons. The highest BCUT2D eigenvalue weighted by atomic mass is 35.5. The van der Waals surface area contributed by atoms with Gasteiger partial charge >= 0.3 is 0 Å². The zero-order chi connectivity index (χ0) is 15.1. The van der Waals surface area contributed by atoms with Crippen LogP contribution in [0.3, 0.4) is 0 Å². The molecular formula is C15H21ClN2O2. The Morgan fingerprint density at radius 3 is 2.40 bits per heavy atom. The van der Waals surface area contributed by atoms with Crippen molar-refractivity contribution in [1.82, 2.24) is 5.32 Å². The highest BCUT2D eigenvalue weighted by Gasteiger charge is 2.63. The van der Waals surface area contributed by atoms with Crippen molar-refractivity contribution >= 4 is 17.3 Å². The first-order valence-corrected chi connectivity index (χ1v) is 7.19. The summed E-state index contributed by atoms with van der Waals surface area (Å²) in [7, 11) is 0. The van der Waals surface area contributed by atoms with E-state index < -0.39 is 0 Å². The lowest BCUT2D eigenvalue weighted by atomic mass is 10.0. The van der Waals surface area contributed by atoms with Gasteiger partial charge in [0.25, 0.3) is 5.69 Å². The second kappa shape index (κ2) is 5.01. The van der Waals surface area contributed by atoms with Crippen LogP contribution in [-0.4, -0.2) is 11.5 Å². The maximum absolute atomic E-state index is 11.0. The third-order valence-electron chi connectivity index (χ3n) is 5.22. The molecule has 0 heterocycles. The molecule has 1 aromatic carbocycles. The number of rotatable bonds is 5. The third kappa shape index (κ3) is 2.54. The van der Waals surface area contributed by atoms with Crippen LogP contribution in [0.2, 0.25) is 5.02 Å². The minimum absolute atomic E-state index is 0.121. The zero-order valence-electron chi connectivity index (χ0n) is 12.4. The highest BCUT2D eigenvalue weighted by molar-refractivity contribution is 6.30. The predicted octanol–water partition coefficient (Wildman–Crippen LogP) is 4.02. The second-order valence-electron chi connectivity index (χ2n) is 6.66. The van der Waals surface area contributed by atoms with Crippen LogP contribution in [0.1, 0.15) is 33.3 Å². The quantitative estimate of drug-likeness (QED) is 0.659. The number of nitro groups is 1. The summed E-state index contributed by atoms with van der Waals surface area (Å²) in [5.41, 5.74) is 1.40. The number of hydrogen-bond acceptors (Lipinski definition) is 3. The van der Waals surface area contributed by atoms with Crippen molar-refractivity contribution in [2.75, 3.05) is 6.54 Å². The van der Waals surface area contributed by atoms with Gasteiger partial charge in [-0.2, -0.15) is 0 Å². The maximum atomic E-state index is 11.0. The van der Waals surface area contributed by atoms with Crippen molar-refractivity contribution in [1.29, 1.82) is 0 Å². The van der Waals surface area contributed by atoms with Crippen molar-refractivity contribution < 1.29 is 4.92 Å². The van der Waals surface area contributed by atoms with Gasteiger partial charge in [0.05, 0.1) is 4.92 Å². The van der Waals surface area contributed by atoms with E-state index in [4.69, 9.17) is 11.6 Å². The lowest BCUT2D eigenvalue weighted by Gasteiger charge is -2.07. The fraction of sp³-hybridized carbons (Fsp3) is 0.600. The summed E-state index contributed by atoms with van der Waals surface area (Å²) < 4.78 is 0. The number of nitrogens with one attached hydrogen (secondary N) is 1. The average molecular weight is 297 g/mol. The number of benzene rings is 1. The van der Waals surface area contributed by atoms with E-state index in [1.807, 2.05) is 0 Å². The summed E-state index contributed by atoms with van der Waals surface area (Å²) in [4.78, 5) is 10.6. The molecule has 20 heavy (non-hydrogen) atoms. The van der Waals surface area contributed by atoms with Crippen molar-refractivity contribution in [3.8, 4) is 0 Å². The van der Waals surface area contributed by atoms with Gasteiger partial charge in [0.1, 0.15) is 0 Å². The van der Waals surface area contributed by atoms with E-state index in [1.165, 1.54) is 6.07 Å². The summed E-state index contributed by atoms with van der Waals surface area (Å²) >= 11 is 5.92. The molecule has 0 amide bonds. The van der Waals surface area contributed by atoms with Crippen LogP contribution in [0, 0.1) is 26.9 Å². The van der Waals surface area contributed by atoms with Crippen molar-refractivity contribution in [2.24, 2.45) is 16.7 Å². The van der Waals surface area contributed by atoms with Crippen LogP contribution in [0.25, 0.3) is 0 Å². The van der Waals surface area contributed by atoms with E-state index in [0.717, 1.165) is 6.54 Å². The van der Waals surface area contributed by atoms with Gasteiger partial charge in [-0.1, -0.05) is 39.3 Å². The van der Waals surface area contributed by atoms with Gasteiger partial charge in [-0.25, -0.2) is 0 Å². The van der Waals surface area contributed by atoms with E-state index in [0.29, 0.717) is 33.9 Å². The molecule has 1 N–H and O–H groups in total. The lowest BCUT2D eigenvalue weighted by Crippen LogP contribution is -2.19. The number of nitrogens with zero attached hydrogens (tertiary/aromatic N) is 1. The van der Waals surface area contributed by atoms with Gasteiger partial charge in [-0.15, -0.1) is 0 Å². The molecule has 1 saturated carbocycles. The summed E-state index contributed by atoms with van der Waals surface area (Å²) in [6.45, 7) is 10.4. The normalized spacial score (nSPS) is 19.9. The molecule has 1 fully saturated rings. The Bertz CT molecular complexity index is 527. The molecule has 0 unspecified atom stereocenters. The van der Waals surface area contributed by atoms with E-state index in [2.05, 4.69) is 33.0 Å². The molecule has 0 spiro atoms. The smallest absolute Gasteiger partial charge is 0.273 e. The van der Waals surface area contributed by atoms with Gasteiger partial charge < -0.3 is 5.32 Å². The number of nitro benzene ring substituents is 1. The first-order chi connectivity index (χ1) is 9.18. The van der Waals surface area contributed by atoms with Crippen LogP contribution >= 0.6 is 11.6 Å². The summed E-state index contributed by atoms with van der Waals surface area (Å²) in [6, 6.07) is 4.68. The molecule has 0 aromatic heterocycles. The van der Waals surface area contributed by atoms with E-state index in [9.17, 15) is 10.1 Å². The van der Waals surface area contributed by atoms with Crippen LogP contribution in [0.15, 0.2) is 18.2 Å². The Hall–Kier alpha value is -1.13. The van der Waals surface area contributed by atoms with Crippen LogP contribution in [0.4, 0.5) is 5.69 Å². The third-order valence-corrected chi connectivity index (χ3v) is 5.46. The van der Waals surface area contributed by atoms with Gasteiger partial charge in [-0.05, 0) is 35.4 Å². The van der Waals surface area contributed by atoms with E-state index in [-0.39, 0.29) is 10.6 Å². The molecule has 0 atom stereocenters. The fourth-order valence-corrected chi connectivity index (χ4v) is 3.26. The van der Waals surface area contributed by atoms with Gasteiger partial charge in [-0.3, -0.25) is 10.1 Å². The minimum Gasteiger partial charge on any atom is -0.312 e. The molecule has 4 nitrogen and oxygen atoms in total. The monoisotopic (exact) mass is 296 g/mol. The van der Waals surface area contributed by atoms with Gasteiger partial charge in [0.15, 0.2) is 0 Å². The standard InChI is InChI=1S/C15H21ClN2O2/c1-14(2)13(15(14,3)4)9-17-8-10-7-11(16)5-6-12(10)18(19)20/h5-7,13,17H,8-9H2,1-4H3. The summed E-state index contributed by atoms with van der Waals surface area (Å²) in [5, 5.41) is 14.8. The molecule has 0 bridgehead atoms. The molecular weight excluding hydrogens is 276 g/mol. The molecule has 0 aliphatic heterocycles. The van der Waals surface area contributed by atoms with Crippen molar-refractivity contribution in [3.63, 3.8) is 0 Å². The Morgan fingerprint density at radius 1 is 1.30 bits per heavy atom. The molecule has 1 aliphatic carbocycles.